The number of halogens is 3. The molecule has 0 radical (unpaired) electrons. The molecule has 0 saturated carbocycles. The molecule has 7 nitrogen and oxygen atoms in total. The van der Waals surface area contributed by atoms with E-state index in [0.29, 0.717) is 11.5 Å². The highest BCUT2D eigenvalue weighted by Crippen LogP contribution is 2.32. The molecule has 3 aromatic rings. The van der Waals surface area contributed by atoms with Crippen LogP contribution < -0.4 is 14.8 Å². The summed E-state index contributed by atoms with van der Waals surface area (Å²) in [5.41, 5.74) is -0.584. The van der Waals surface area contributed by atoms with Crippen molar-refractivity contribution in [3.8, 4) is 17.2 Å². The summed E-state index contributed by atoms with van der Waals surface area (Å²) in [7, 11) is 1.55. The molecule has 2 aromatic carbocycles. The van der Waals surface area contributed by atoms with E-state index in [4.69, 9.17) is 9.47 Å². The third-order valence-electron chi connectivity index (χ3n) is 4.34. The zero-order valence-electron chi connectivity index (χ0n) is 18.2. The molecule has 1 aromatic heterocycles. The van der Waals surface area contributed by atoms with Crippen LogP contribution in [0, 0.1) is 0 Å². The minimum absolute atomic E-state index is 0.0344. The van der Waals surface area contributed by atoms with Gasteiger partial charge in [0.15, 0.2) is 11.0 Å². The van der Waals surface area contributed by atoms with Gasteiger partial charge < -0.3 is 14.8 Å². The van der Waals surface area contributed by atoms with Gasteiger partial charge in [-0.15, -0.1) is 10.2 Å². The number of rotatable bonds is 9. The number of thioether (sulfide) groups is 1. The topological polar surface area (TPSA) is 78.3 Å². The number of carbonyl (C=O) groups is 1. The second kappa shape index (κ2) is 10.6. The zero-order chi connectivity index (χ0) is 24.0. The number of alkyl halides is 3. The number of benzene rings is 2. The molecule has 33 heavy (non-hydrogen) atoms. The van der Waals surface area contributed by atoms with Crippen molar-refractivity contribution in [2.75, 3.05) is 12.9 Å². The molecule has 3 rings (SSSR count). The number of aromatic nitrogens is 3. The Balaban J connectivity index is 1.89. The molecule has 0 fully saturated rings. The SMILES string of the molecule is COc1ccc(OCc2nnc(SCC(=O)NC(C)C)n2-c2cccc(C(F)(F)F)c2)cc1. The first-order valence-electron chi connectivity index (χ1n) is 9.98. The fraction of sp³-hybridized carbons (Fsp3) is 0.318. The van der Waals surface area contributed by atoms with Crippen LogP contribution in [0.4, 0.5) is 13.2 Å². The van der Waals surface area contributed by atoms with Crippen molar-refractivity contribution in [2.45, 2.75) is 37.8 Å². The lowest BCUT2D eigenvalue weighted by Gasteiger charge is -2.14. The number of methoxy groups -OCH3 is 1. The van der Waals surface area contributed by atoms with E-state index in [2.05, 4.69) is 15.5 Å². The summed E-state index contributed by atoms with van der Waals surface area (Å²) in [4.78, 5) is 12.1. The molecule has 0 bridgehead atoms. The van der Waals surface area contributed by atoms with Crippen LogP contribution in [0.5, 0.6) is 11.5 Å². The number of hydrogen-bond donors (Lipinski definition) is 1. The average molecular weight is 481 g/mol. The average Bonchev–Trinajstić information content (AvgIpc) is 3.18. The summed E-state index contributed by atoms with van der Waals surface area (Å²) >= 11 is 1.08. The van der Waals surface area contributed by atoms with Crippen LogP contribution in [-0.2, 0) is 17.6 Å². The normalized spacial score (nSPS) is 11.5. The van der Waals surface area contributed by atoms with Gasteiger partial charge in [0.2, 0.25) is 5.91 Å². The Kier molecular flexibility index (Phi) is 7.85. The Hall–Kier alpha value is -3.21. The van der Waals surface area contributed by atoms with E-state index in [9.17, 15) is 18.0 Å². The van der Waals surface area contributed by atoms with Crippen molar-refractivity contribution in [1.29, 1.82) is 0 Å². The van der Waals surface area contributed by atoms with Crippen LogP contribution >= 0.6 is 11.8 Å². The van der Waals surface area contributed by atoms with Crippen molar-refractivity contribution < 1.29 is 27.4 Å². The molecule has 0 atom stereocenters. The van der Waals surface area contributed by atoms with Gasteiger partial charge >= 0.3 is 6.18 Å². The van der Waals surface area contributed by atoms with Gasteiger partial charge in [0.1, 0.15) is 18.1 Å². The lowest BCUT2D eigenvalue weighted by atomic mass is 10.2. The van der Waals surface area contributed by atoms with Gasteiger partial charge in [-0.3, -0.25) is 9.36 Å². The van der Waals surface area contributed by atoms with Crippen LogP contribution in [0.25, 0.3) is 5.69 Å². The van der Waals surface area contributed by atoms with E-state index in [1.807, 2.05) is 13.8 Å². The lowest BCUT2D eigenvalue weighted by molar-refractivity contribution is -0.137. The number of hydrogen-bond acceptors (Lipinski definition) is 6. The maximum atomic E-state index is 13.3. The molecule has 0 unspecified atom stereocenters. The van der Waals surface area contributed by atoms with Crippen molar-refractivity contribution in [3.63, 3.8) is 0 Å². The van der Waals surface area contributed by atoms with E-state index >= 15 is 0 Å². The van der Waals surface area contributed by atoms with Gasteiger partial charge in [-0.25, -0.2) is 0 Å². The van der Waals surface area contributed by atoms with E-state index in [-0.39, 0.29) is 41.0 Å². The van der Waals surface area contributed by atoms with Crippen molar-refractivity contribution in [2.24, 2.45) is 0 Å². The van der Waals surface area contributed by atoms with Crippen LogP contribution in [-0.4, -0.2) is 39.6 Å². The molecule has 11 heteroatoms. The fourth-order valence-corrected chi connectivity index (χ4v) is 3.66. The molecule has 1 N–H and O–H groups in total. The summed E-state index contributed by atoms with van der Waals surface area (Å²) in [5, 5.41) is 11.2. The highest BCUT2D eigenvalue weighted by atomic mass is 32.2. The maximum absolute atomic E-state index is 13.3. The predicted octanol–water partition coefficient (Wildman–Crippen LogP) is 4.49. The Bertz CT molecular complexity index is 1090. The molecule has 0 spiro atoms. The predicted molar refractivity (Wildman–Crippen MR) is 118 cm³/mol. The Morgan fingerprint density at radius 1 is 1.12 bits per heavy atom. The molecule has 0 saturated heterocycles. The van der Waals surface area contributed by atoms with Crippen LogP contribution in [0.15, 0.2) is 53.7 Å². The summed E-state index contributed by atoms with van der Waals surface area (Å²) in [5.74, 6) is 1.29. The first-order valence-corrected chi connectivity index (χ1v) is 11.0. The number of nitrogens with one attached hydrogen (secondary N) is 1. The second-order valence-electron chi connectivity index (χ2n) is 7.26. The third kappa shape index (κ3) is 6.64. The fourth-order valence-electron chi connectivity index (χ4n) is 2.88. The van der Waals surface area contributed by atoms with Crippen molar-refractivity contribution in [3.05, 3.63) is 59.9 Å². The first-order chi connectivity index (χ1) is 15.7. The molecular formula is C22H23F3N4O3S. The van der Waals surface area contributed by atoms with Crippen molar-refractivity contribution >= 4 is 17.7 Å². The number of ether oxygens (including phenoxy) is 2. The van der Waals surface area contributed by atoms with Crippen LogP contribution in [0.1, 0.15) is 25.2 Å². The second-order valence-corrected chi connectivity index (χ2v) is 8.20. The zero-order valence-corrected chi connectivity index (χ0v) is 19.0. The molecule has 1 amide bonds. The van der Waals surface area contributed by atoms with Crippen molar-refractivity contribution in [1.82, 2.24) is 20.1 Å². The van der Waals surface area contributed by atoms with Gasteiger partial charge in [-0.05, 0) is 56.3 Å². The lowest BCUT2D eigenvalue weighted by Crippen LogP contribution is -2.31. The summed E-state index contributed by atoms with van der Waals surface area (Å²) in [6.45, 7) is 3.62. The Morgan fingerprint density at radius 3 is 2.45 bits per heavy atom. The summed E-state index contributed by atoms with van der Waals surface area (Å²) < 4.78 is 52.2. The highest BCUT2D eigenvalue weighted by molar-refractivity contribution is 7.99. The maximum Gasteiger partial charge on any atom is 0.416 e. The number of carbonyl (C=O) groups excluding carboxylic acids is 1. The smallest absolute Gasteiger partial charge is 0.416 e. The minimum atomic E-state index is -4.51. The van der Waals surface area contributed by atoms with Crippen LogP contribution in [0.2, 0.25) is 0 Å². The largest absolute Gasteiger partial charge is 0.497 e. The van der Waals surface area contributed by atoms with Gasteiger partial charge in [-0.1, -0.05) is 17.8 Å². The molecule has 0 aliphatic rings. The molecular weight excluding hydrogens is 457 g/mol. The molecule has 0 aliphatic carbocycles. The standard InChI is InChI=1S/C22H23F3N4O3S/c1-14(2)26-20(30)13-33-21-28-27-19(12-32-18-9-7-17(31-3)8-10-18)29(21)16-6-4-5-15(11-16)22(23,24)25/h4-11,14H,12-13H2,1-3H3,(H,26,30). The van der Waals surface area contributed by atoms with E-state index in [0.717, 1.165) is 23.9 Å². The van der Waals surface area contributed by atoms with Gasteiger partial charge in [0, 0.05) is 6.04 Å². The van der Waals surface area contributed by atoms with Gasteiger partial charge in [0.25, 0.3) is 0 Å². The Morgan fingerprint density at radius 2 is 1.82 bits per heavy atom. The van der Waals surface area contributed by atoms with E-state index in [1.165, 1.54) is 16.7 Å². The quantitative estimate of drug-likeness (QED) is 0.455. The molecule has 0 aliphatic heterocycles. The van der Waals surface area contributed by atoms with E-state index < -0.39 is 11.7 Å². The van der Waals surface area contributed by atoms with Gasteiger partial charge in [-0.2, -0.15) is 13.2 Å². The molecule has 1 heterocycles. The molecule has 176 valence electrons. The minimum Gasteiger partial charge on any atom is -0.497 e. The third-order valence-corrected chi connectivity index (χ3v) is 5.27. The van der Waals surface area contributed by atoms with E-state index in [1.54, 1.807) is 31.4 Å². The first kappa shape index (κ1) is 24.4. The number of nitrogens with zero attached hydrogens (tertiary/aromatic N) is 3. The summed E-state index contributed by atoms with van der Waals surface area (Å²) in [6.07, 6.45) is -4.51. The number of amides is 1. The monoisotopic (exact) mass is 480 g/mol. The highest BCUT2D eigenvalue weighted by Gasteiger charge is 2.31. The van der Waals surface area contributed by atoms with Gasteiger partial charge in [0.05, 0.1) is 24.1 Å². The Labute approximate surface area is 193 Å². The van der Waals surface area contributed by atoms with Crippen LogP contribution in [0.3, 0.4) is 0 Å². The summed E-state index contributed by atoms with van der Waals surface area (Å²) in [6, 6.07) is 11.7.